The van der Waals surface area contributed by atoms with Crippen molar-refractivity contribution in [3.63, 3.8) is 0 Å². The Hall–Kier alpha value is -2.82. The lowest BCUT2D eigenvalue weighted by atomic mass is 10.2. The lowest BCUT2D eigenvalue weighted by Gasteiger charge is -2.09. The molecule has 0 fully saturated rings. The molecule has 0 atom stereocenters. The van der Waals surface area contributed by atoms with E-state index in [0.717, 1.165) is 0 Å². The van der Waals surface area contributed by atoms with Crippen molar-refractivity contribution in [2.45, 2.75) is 27.2 Å². The SMILES string of the molecule is CCOc1cc(OCC)nc(-n2nc(CC)c(C#N)c2N)n1. The molecule has 0 amide bonds. The van der Waals surface area contributed by atoms with Gasteiger partial charge in [-0.25, -0.2) is 0 Å². The van der Waals surface area contributed by atoms with Crippen LogP contribution in [0.2, 0.25) is 0 Å². The summed E-state index contributed by atoms with van der Waals surface area (Å²) in [5, 5.41) is 13.5. The number of nitrogens with zero attached hydrogens (tertiary/aromatic N) is 5. The third-order valence-corrected chi connectivity index (χ3v) is 2.88. The number of hydrogen-bond donors (Lipinski definition) is 1. The number of rotatable bonds is 6. The first-order valence-corrected chi connectivity index (χ1v) is 7.07. The third-order valence-electron chi connectivity index (χ3n) is 2.88. The summed E-state index contributed by atoms with van der Waals surface area (Å²) in [6.45, 7) is 6.53. The van der Waals surface area contributed by atoms with E-state index in [0.29, 0.717) is 42.7 Å². The topological polar surface area (TPSA) is 112 Å². The summed E-state index contributed by atoms with van der Waals surface area (Å²) < 4.78 is 12.1. The molecule has 0 aliphatic heterocycles. The predicted octanol–water partition coefficient (Wildman–Crippen LogP) is 1.48. The molecule has 22 heavy (non-hydrogen) atoms. The zero-order valence-electron chi connectivity index (χ0n) is 12.8. The van der Waals surface area contributed by atoms with Gasteiger partial charge in [0.1, 0.15) is 17.5 Å². The van der Waals surface area contributed by atoms with Crippen molar-refractivity contribution in [3.8, 4) is 23.8 Å². The van der Waals surface area contributed by atoms with Gasteiger partial charge in [0.05, 0.1) is 25.0 Å². The van der Waals surface area contributed by atoms with Crippen LogP contribution in [0.3, 0.4) is 0 Å². The Morgan fingerprint density at radius 3 is 2.18 bits per heavy atom. The molecule has 0 saturated heterocycles. The highest BCUT2D eigenvalue weighted by molar-refractivity contribution is 5.54. The van der Waals surface area contributed by atoms with E-state index in [-0.39, 0.29) is 11.8 Å². The Bertz CT molecular complexity index is 680. The first-order chi connectivity index (χ1) is 10.6. The maximum atomic E-state index is 9.19. The quantitative estimate of drug-likeness (QED) is 0.859. The molecule has 0 aliphatic rings. The summed E-state index contributed by atoms with van der Waals surface area (Å²) in [6.07, 6.45) is 0.587. The summed E-state index contributed by atoms with van der Waals surface area (Å²) in [7, 11) is 0. The van der Waals surface area contributed by atoms with Crippen LogP contribution in [0, 0.1) is 11.3 Å². The van der Waals surface area contributed by atoms with Crippen LogP contribution in [0.1, 0.15) is 32.0 Å². The standard InChI is InChI=1S/C14H18N6O2/c1-4-10-9(8-15)13(16)20(19-10)14-17-11(21-5-2)7-12(18-14)22-6-3/h7H,4-6,16H2,1-3H3. The Kier molecular flexibility index (Phi) is 4.78. The van der Waals surface area contributed by atoms with Crippen LogP contribution < -0.4 is 15.2 Å². The van der Waals surface area contributed by atoms with Crippen LogP contribution in [0.25, 0.3) is 5.95 Å². The van der Waals surface area contributed by atoms with Gasteiger partial charge in [0.25, 0.3) is 5.95 Å². The van der Waals surface area contributed by atoms with Crippen LogP contribution in [0.4, 0.5) is 5.82 Å². The minimum absolute atomic E-state index is 0.204. The normalized spacial score (nSPS) is 10.3. The zero-order valence-corrected chi connectivity index (χ0v) is 12.8. The second kappa shape index (κ2) is 6.76. The van der Waals surface area contributed by atoms with E-state index in [1.54, 1.807) is 6.07 Å². The molecule has 2 aromatic heterocycles. The van der Waals surface area contributed by atoms with Gasteiger partial charge in [-0.2, -0.15) is 25.0 Å². The van der Waals surface area contributed by atoms with Crippen LogP contribution in [0.5, 0.6) is 11.8 Å². The average Bonchev–Trinajstić information content (AvgIpc) is 2.83. The van der Waals surface area contributed by atoms with Crippen LogP contribution in [0.15, 0.2) is 6.07 Å². The maximum Gasteiger partial charge on any atom is 0.259 e. The molecule has 2 rings (SSSR count). The Balaban J connectivity index is 2.56. The maximum absolute atomic E-state index is 9.19. The Labute approximate surface area is 128 Å². The fourth-order valence-corrected chi connectivity index (χ4v) is 1.93. The average molecular weight is 302 g/mol. The van der Waals surface area contributed by atoms with E-state index in [1.807, 2.05) is 20.8 Å². The number of hydrogen-bond acceptors (Lipinski definition) is 7. The molecule has 0 radical (unpaired) electrons. The number of ether oxygens (including phenoxy) is 2. The molecular weight excluding hydrogens is 284 g/mol. The van der Waals surface area contributed by atoms with E-state index in [4.69, 9.17) is 15.2 Å². The summed E-state index contributed by atoms with van der Waals surface area (Å²) >= 11 is 0. The molecule has 0 saturated carbocycles. The smallest absolute Gasteiger partial charge is 0.259 e. The highest BCUT2D eigenvalue weighted by Gasteiger charge is 2.18. The van der Waals surface area contributed by atoms with Gasteiger partial charge in [-0.15, -0.1) is 0 Å². The minimum Gasteiger partial charge on any atom is -0.478 e. The van der Waals surface area contributed by atoms with E-state index >= 15 is 0 Å². The Morgan fingerprint density at radius 1 is 1.18 bits per heavy atom. The molecule has 2 heterocycles. The number of nitrogen functional groups attached to an aromatic ring is 1. The fourth-order valence-electron chi connectivity index (χ4n) is 1.93. The van der Waals surface area contributed by atoms with Crippen molar-refractivity contribution in [2.75, 3.05) is 18.9 Å². The monoisotopic (exact) mass is 302 g/mol. The summed E-state index contributed by atoms with van der Waals surface area (Å²) in [5.74, 6) is 1.14. The van der Waals surface area contributed by atoms with E-state index in [9.17, 15) is 5.26 Å². The molecule has 8 nitrogen and oxygen atoms in total. The molecule has 8 heteroatoms. The van der Waals surface area contributed by atoms with Gasteiger partial charge in [0, 0.05) is 0 Å². The molecule has 0 bridgehead atoms. The number of nitrogens with two attached hydrogens (primary N) is 1. The molecule has 2 N–H and O–H groups in total. The first kappa shape index (κ1) is 15.6. The predicted molar refractivity (Wildman–Crippen MR) is 80.0 cm³/mol. The lowest BCUT2D eigenvalue weighted by molar-refractivity contribution is 0.304. The zero-order chi connectivity index (χ0) is 16.1. The molecule has 0 aromatic carbocycles. The number of aromatic nitrogens is 4. The minimum atomic E-state index is 0.204. The van der Waals surface area contributed by atoms with Gasteiger partial charge in [-0.05, 0) is 20.3 Å². The van der Waals surface area contributed by atoms with Crippen LogP contribution >= 0.6 is 0 Å². The van der Waals surface area contributed by atoms with Crippen molar-refractivity contribution in [1.82, 2.24) is 19.7 Å². The summed E-state index contributed by atoms with van der Waals surface area (Å²) in [4.78, 5) is 8.51. The van der Waals surface area contributed by atoms with Gasteiger partial charge in [0.15, 0.2) is 0 Å². The molecule has 116 valence electrons. The first-order valence-electron chi connectivity index (χ1n) is 7.07. The van der Waals surface area contributed by atoms with Gasteiger partial charge in [-0.3, -0.25) is 0 Å². The number of aryl methyl sites for hydroxylation is 1. The van der Waals surface area contributed by atoms with Crippen LogP contribution in [-0.4, -0.2) is 33.0 Å². The van der Waals surface area contributed by atoms with E-state index in [2.05, 4.69) is 21.1 Å². The van der Waals surface area contributed by atoms with Crippen molar-refractivity contribution in [3.05, 3.63) is 17.3 Å². The lowest BCUT2D eigenvalue weighted by Crippen LogP contribution is -2.10. The molecule has 0 aliphatic carbocycles. The van der Waals surface area contributed by atoms with Gasteiger partial charge >= 0.3 is 0 Å². The summed E-state index contributed by atoms with van der Waals surface area (Å²) in [6, 6.07) is 3.66. The highest BCUT2D eigenvalue weighted by atomic mass is 16.5. The second-order valence-corrected chi connectivity index (χ2v) is 4.29. The van der Waals surface area contributed by atoms with E-state index < -0.39 is 0 Å². The molecule has 0 spiro atoms. The van der Waals surface area contributed by atoms with Crippen molar-refractivity contribution < 1.29 is 9.47 Å². The molecular formula is C14H18N6O2. The summed E-state index contributed by atoms with van der Waals surface area (Å²) in [5.41, 5.74) is 6.93. The van der Waals surface area contributed by atoms with Crippen LogP contribution in [-0.2, 0) is 6.42 Å². The van der Waals surface area contributed by atoms with Crippen molar-refractivity contribution in [2.24, 2.45) is 0 Å². The van der Waals surface area contributed by atoms with E-state index in [1.165, 1.54) is 4.68 Å². The highest BCUT2D eigenvalue weighted by Crippen LogP contribution is 2.23. The van der Waals surface area contributed by atoms with Gasteiger partial charge in [0.2, 0.25) is 11.8 Å². The number of anilines is 1. The van der Waals surface area contributed by atoms with Crippen molar-refractivity contribution >= 4 is 5.82 Å². The third kappa shape index (κ3) is 2.93. The second-order valence-electron chi connectivity index (χ2n) is 4.29. The Morgan fingerprint density at radius 2 is 1.77 bits per heavy atom. The largest absolute Gasteiger partial charge is 0.478 e. The van der Waals surface area contributed by atoms with Gasteiger partial charge < -0.3 is 15.2 Å². The van der Waals surface area contributed by atoms with Gasteiger partial charge in [-0.1, -0.05) is 6.92 Å². The van der Waals surface area contributed by atoms with Crippen molar-refractivity contribution in [1.29, 1.82) is 5.26 Å². The number of nitriles is 1. The molecule has 2 aromatic rings. The molecule has 0 unspecified atom stereocenters. The fraction of sp³-hybridized carbons (Fsp3) is 0.429.